The Hall–Kier alpha value is -1.61. The normalized spacial score (nSPS) is 10.8. The van der Waals surface area contributed by atoms with Crippen molar-refractivity contribution >= 4 is 26.9 Å². The highest BCUT2D eigenvalue weighted by Crippen LogP contribution is 2.29. The van der Waals surface area contributed by atoms with Crippen molar-refractivity contribution in [3.63, 3.8) is 0 Å². The molecule has 0 fully saturated rings. The van der Waals surface area contributed by atoms with E-state index in [0.29, 0.717) is 0 Å². The van der Waals surface area contributed by atoms with Gasteiger partial charge < -0.3 is 4.52 Å². The highest BCUT2D eigenvalue weighted by Gasteiger charge is 2.09. The molecule has 2 aromatic carbocycles. The predicted octanol–water partition coefficient (Wildman–Crippen LogP) is 4.26. The number of hydrogen-bond acceptors (Lipinski definition) is 2. The molecule has 0 aliphatic rings. The molecule has 0 bridgehead atoms. The van der Waals surface area contributed by atoms with E-state index in [9.17, 15) is 0 Å². The Labute approximate surface area is 101 Å². The molecule has 78 valence electrons. The van der Waals surface area contributed by atoms with E-state index in [1.54, 1.807) is 0 Å². The van der Waals surface area contributed by atoms with E-state index in [2.05, 4.69) is 21.1 Å². The Balaban J connectivity index is 2.29. The Kier molecular flexibility index (Phi) is 2.26. The Morgan fingerprint density at radius 1 is 1.00 bits per heavy atom. The van der Waals surface area contributed by atoms with Crippen LogP contribution in [0.25, 0.3) is 22.2 Å². The minimum absolute atomic E-state index is 0.807. The first-order valence-electron chi connectivity index (χ1n) is 4.95. The molecule has 0 aliphatic carbocycles. The summed E-state index contributed by atoms with van der Waals surface area (Å²) in [6, 6.07) is 15.9. The summed E-state index contributed by atoms with van der Waals surface area (Å²) in [7, 11) is 0. The summed E-state index contributed by atoms with van der Waals surface area (Å²) in [5.41, 5.74) is 2.76. The van der Waals surface area contributed by atoms with Gasteiger partial charge in [0.25, 0.3) is 0 Å². The van der Waals surface area contributed by atoms with E-state index < -0.39 is 0 Å². The second-order valence-corrected chi connectivity index (χ2v) is 4.45. The van der Waals surface area contributed by atoms with E-state index in [4.69, 9.17) is 4.52 Å². The largest absolute Gasteiger partial charge is 0.356 e. The second-order valence-electron chi connectivity index (χ2n) is 3.54. The van der Waals surface area contributed by atoms with Crippen molar-refractivity contribution in [3.8, 4) is 11.3 Å². The van der Waals surface area contributed by atoms with Gasteiger partial charge in [-0.25, -0.2) is 0 Å². The van der Waals surface area contributed by atoms with Gasteiger partial charge in [0, 0.05) is 10.0 Å². The highest BCUT2D eigenvalue weighted by atomic mass is 79.9. The van der Waals surface area contributed by atoms with Gasteiger partial charge in [-0.3, -0.25) is 0 Å². The van der Waals surface area contributed by atoms with Crippen LogP contribution in [0.2, 0.25) is 0 Å². The monoisotopic (exact) mass is 273 g/mol. The summed E-state index contributed by atoms with van der Waals surface area (Å²) in [6.07, 6.45) is 0. The molecule has 0 amide bonds. The number of halogens is 1. The lowest BCUT2D eigenvalue weighted by Gasteiger charge is -1.95. The number of hydrogen-bond donors (Lipinski definition) is 0. The van der Waals surface area contributed by atoms with Crippen LogP contribution in [0.15, 0.2) is 57.5 Å². The maximum atomic E-state index is 5.29. The molecule has 2 nitrogen and oxygen atoms in total. The number of rotatable bonds is 1. The van der Waals surface area contributed by atoms with Crippen molar-refractivity contribution < 1.29 is 4.52 Å². The van der Waals surface area contributed by atoms with Gasteiger partial charge in [-0.15, -0.1) is 0 Å². The summed E-state index contributed by atoms with van der Waals surface area (Å²) >= 11 is 3.45. The number of fused-ring (bicyclic) bond motifs is 1. The van der Waals surface area contributed by atoms with Gasteiger partial charge in [-0.1, -0.05) is 51.4 Å². The zero-order valence-electron chi connectivity index (χ0n) is 8.35. The first-order chi connectivity index (χ1) is 7.84. The molecule has 16 heavy (non-hydrogen) atoms. The molecule has 0 aliphatic heterocycles. The minimum Gasteiger partial charge on any atom is -0.356 e. The number of benzene rings is 2. The van der Waals surface area contributed by atoms with Gasteiger partial charge in [0.15, 0.2) is 5.58 Å². The third kappa shape index (κ3) is 1.53. The molecule has 0 N–H and O–H groups in total. The molecule has 0 spiro atoms. The van der Waals surface area contributed by atoms with Crippen LogP contribution in [0.4, 0.5) is 0 Å². The van der Waals surface area contributed by atoms with Crippen molar-refractivity contribution in [2.24, 2.45) is 0 Å². The minimum atomic E-state index is 0.807. The topological polar surface area (TPSA) is 26.0 Å². The molecule has 0 saturated heterocycles. The molecule has 1 aromatic heterocycles. The summed E-state index contributed by atoms with van der Waals surface area (Å²) in [5.74, 6) is 0. The predicted molar refractivity (Wildman–Crippen MR) is 67.1 cm³/mol. The molecule has 3 aromatic rings. The number of nitrogens with zero attached hydrogens (tertiary/aromatic N) is 1. The molecule has 0 unspecified atom stereocenters. The molecule has 3 rings (SSSR count). The fourth-order valence-corrected chi connectivity index (χ4v) is 2.08. The van der Waals surface area contributed by atoms with Crippen LogP contribution in [0.1, 0.15) is 0 Å². The van der Waals surface area contributed by atoms with Crippen LogP contribution >= 0.6 is 15.9 Å². The van der Waals surface area contributed by atoms with Crippen molar-refractivity contribution in [1.82, 2.24) is 5.16 Å². The molecule has 3 heteroatoms. The van der Waals surface area contributed by atoms with Gasteiger partial charge in [0.05, 0.1) is 5.39 Å². The van der Waals surface area contributed by atoms with Crippen LogP contribution in [-0.2, 0) is 0 Å². The van der Waals surface area contributed by atoms with E-state index in [-0.39, 0.29) is 0 Å². The highest BCUT2D eigenvalue weighted by molar-refractivity contribution is 9.10. The maximum absolute atomic E-state index is 5.29. The lowest BCUT2D eigenvalue weighted by atomic mass is 10.1. The SMILES string of the molecule is Brc1ccc2onc(-c3ccccc3)c2c1. The van der Waals surface area contributed by atoms with E-state index >= 15 is 0 Å². The van der Waals surface area contributed by atoms with Crippen molar-refractivity contribution in [3.05, 3.63) is 53.0 Å². The molecule has 0 saturated carbocycles. The average Bonchev–Trinajstić information content (AvgIpc) is 2.73. The van der Waals surface area contributed by atoms with Crippen LogP contribution in [0.5, 0.6) is 0 Å². The Morgan fingerprint density at radius 2 is 1.81 bits per heavy atom. The first kappa shape index (κ1) is 9.60. The quantitative estimate of drug-likeness (QED) is 0.662. The molecule has 0 radical (unpaired) electrons. The summed E-state index contributed by atoms with van der Waals surface area (Å²) < 4.78 is 6.32. The molecular weight excluding hydrogens is 266 g/mol. The molecular formula is C13H8BrNO. The van der Waals surface area contributed by atoms with Gasteiger partial charge in [-0.2, -0.15) is 0 Å². The Bertz CT molecular complexity index is 631. The standard InChI is InChI=1S/C13H8BrNO/c14-10-6-7-12-11(8-10)13(15-16-12)9-4-2-1-3-5-9/h1-8H. The van der Waals surface area contributed by atoms with E-state index in [1.165, 1.54) is 0 Å². The van der Waals surface area contributed by atoms with E-state index in [0.717, 1.165) is 26.7 Å². The summed E-state index contributed by atoms with van der Waals surface area (Å²) in [4.78, 5) is 0. The van der Waals surface area contributed by atoms with Crippen molar-refractivity contribution in [2.45, 2.75) is 0 Å². The molecule has 1 heterocycles. The third-order valence-corrected chi connectivity index (χ3v) is 2.97. The lowest BCUT2D eigenvalue weighted by molar-refractivity contribution is 0.459. The summed E-state index contributed by atoms with van der Waals surface area (Å²) in [6.45, 7) is 0. The van der Waals surface area contributed by atoms with Crippen LogP contribution in [-0.4, -0.2) is 5.16 Å². The van der Waals surface area contributed by atoms with Crippen LogP contribution in [0.3, 0.4) is 0 Å². The van der Waals surface area contributed by atoms with Crippen LogP contribution < -0.4 is 0 Å². The average molecular weight is 274 g/mol. The Morgan fingerprint density at radius 3 is 2.62 bits per heavy atom. The maximum Gasteiger partial charge on any atom is 0.167 e. The number of aromatic nitrogens is 1. The first-order valence-corrected chi connectivity index (χ1v) is 5.74. The third-order valence-electron chi connectivity index (χ3n) is 2.48. The van der Waals surface area contributed by atoms with Crippen molar-refractivity contribution in [1.29, 1.82) is 0 Å². The van der Waals surface area contributed by atoms with Gasteiger partial charge in [-0.05, 0) is 18.2 Å². The van der Waals surface area contributed by atoms with Gasteiger partial charge >= 0.3 is 0 Å². The van der Waals surface area contributed by atoms with Crippen LogP contribution in [0, 0.1) is 0 Å². The zero-order chi connectivity index (χ0) is 11.0. The van der Waals surface area contributed by atoms with Gasteiger partial charge in [0.1, 0.15) is 5.69 Å². The zero-order valence-corrected chi connectivity index (χ0v) is 9.94. The smallest absolute Gasteiger partial charge is 0.167 e. The van der Waals surface area contributed by atoms with Crippen molar-refractivity contribution in [2.75, 3.05) is 0 Å². The van der Waals surface area contributed by atoms with Gasteiger partial charge in [0.2, 0.25) is 0 Å². The fraction of sp³-hybridized carbons (Fsp3) is 0. The molecule has 0 atom stereocenters. The second kappa shape index (κ2) is 3.76. The summed E-state index contributed by atoms with van der Waals surface area (Å²) in [5, 5.41) is 5.14. The fourth-order valence-electron chi connectivity index (χ4n) is 1.72. The van der Waals surface area contributed by atoms with E-state index in [1.807, 2.05) is 48.5 Å². The lowest BCUT2D eigenvalue weighted by Crippen LogP contribution is -1.76.